The number of aromatic nitrogens is 1. The molecule has 0 radical (unpaired) electrons. The Balaban J connectivity index is 2.74. The Morgan fingerprint density at radius 3 is 2.42 bits per heavy atom. The predicted molar refractivity (Wildman–Crippen MR) is 63.0 cm³/mol. The van der Waals surface area contributed by atoms with Crippen molar-refractivity contribution in [3.05, 3.63) is 24.0 Å². The third-order valence-corrected chi connectivity index (χ3v) is 3.63. The molecule has 0 bridgehead atoms. The smallest absolute Gasteiger partial charge is 0.316 e. The van der Waals surface area contributed by atoms with E-state index in [4.69, 9.17) is 0 Å². The molecule has 0 saturated heterocycles. The molecule has 0 amide bonds. The number of alkyl halides is 3. The maximum absolute atomic E-state index is 12.3. The lowest BCUT2D eigenvalue weighted by molar-refractivity contribution is -0.141. The van der Waals surface area contributed by atoms with Crippen molar-refractivity contribution in [1.29, 1.82) is 0 Å². The summed E-state index contributed by atoms with van der Waals surface area (Å²) in [6.45, 7) is 3.15. The van der Waals surface area contributed by atoms with Gasteiger partial charge in [-0.15, -0.1) is 0 Å². The molecule has 0 unspecified atom stereocenters. The van der Waals surface area contributed by atoms with Crippen LogP contribution >= 0.6 is 0 Å². The van der Waals surface area contributed by atoms with E-state index in [2.05, 4.69) is 15.0 Å². The molecule has 0 fully saturated rings. The van der Waals surface area contributed by atoms with E-state index in [0.717, 1.165) is 6.07 Å². The Labute approximate surface area is 109 Å². The van der Waals surface area contributed by atoms with Gasteiger partial charge in [-0.1, -0.05) is 6.92 Å². The monoisotopic (exact) mass is 297 g/mol. The molecule has 1 aromatic heterocycles. The predicted octanol–water partition coefficient (Wildman–Crippen LogP) is 0.988. The molecular formula is C10H14F3N3O2S. The normalized spacial score (nSPS) is 12.6. The van der Waals surface area contributed by atoms with Gasteiger partial charge in [0.1, 0.15) is 10.6 Å². The van der Waals surface area contributed by atoms with Crippen LogP contribution in [0.5, 0.6) is 0 Å². The van der Waals surface area contributed by atoms with Crippen LogP contribution in [0, 0.1) is 0 Å². The number of sulfonamides is 1. The molecule has 0 aliphatic rings. The number of halogens is 3. The maximum Gasteiger partial charge on any atom is 0.433 e. The quantitative estimate of drug-likeness (QED) is 0.768. The summed E-state index contributed by atoms with van der Waals surface area (Å²) in [7, 11) is -3.82. The lowest BCUT2D eigenvalue weighted by atomic mass is 10.3. The van der Waals surface area contributed by atoms with Crippen LogP contribution in [0.15, 0.2) is 23.2 Å². The molecule has 0 aliphatic carbocycles. The summed E-state index contributed by atoms with van der Waals surface area (Å²) in [5.41, 5.74) is -1.13. The van der Waals surface area contributed by atoms with E-state index in [-0.39, 0.29) is 11.4 Å². The molecular weight excluding hydrogens is 283 g/mol. The van der Waals surface area contributed by atoms with Gasteiger partial charge in [-0.2, -0.15) is 13.2 Å². The second-order valence-electron chi connectivity index (χ2n) is 3.63. The van der Waals surface area contributed by atoms with E-state index in [1.165, 1.54) is 0 Å². The van der Waals surface area contributed by atoms with Crippen LogP contribution < -0.4 is 10.0 Å². The van der Waals surface area contributed by atoms with Crippen molar-refractivity contribution < 1.29 is 21.6 Å². The van der Waals surface area contributed by atoms with Crippen LogP contribution in [0.25, 0.3) is 0 Å². The fraction of sp³-hybridized carbons (Fsp3) is 0.500. The number of rotatable bonds is 6. The number of nitrogens with zero attached hydrogens (tertiary/aromatic N) is 1. The standard InChI is InChI=1S/C10H14F3N3O2S/c1-2-14-5-6-16-19(17,18)8-3-4-9(15-7-8)10(11,12)13/h3-4,7,14,16H,2,5-6H2,1H3. The maximum atomic E-state index is 12.3. The minimum absolute atomic E-state index is 0.150. The van der Waals surface area contributed by atoms with Crippen molar-refractivity contribution in [2.45, 2.75) is 18.0 Å². The highest BCUT2D eigenvalue weighted by Gasteiger charge is 2.32. The first-order valence-corrected chi connectivity index (χ1v) is 6.99. The molecule has 1 aromatic rings. The summed E-state index contributed by atoms with van der Waals surface area (Å²) in [4.78, 5) is 2.81. The van der Waals surface area contributed by atoms with E-state index >= 15 is 0 Å². The summed E-state index contributed by atoms with van der Waals surface area (Å²) in [5.74, 6) is 0. The van der Waals surface area contributed by atoms with Crippen LogP contribution in [0.2, 0.25) is 0 Å². The zero-order valence-corrected chi connectivity index (χ0v) is 11.0. The molecule has 108 valence electrons. The first kappa shape index (κ1) is 15.9. The van der Waals surface area contributed by atoms with Crippen molar-refractivity contribution in [2.75, 3.05) is 19.6 Å². The average Bonchev–Trinajstić information content (AvgIpc) is 2.34. The molecule has 0 aliphatic heterocycles. The number of hydrogen-bond donors (Lipinski definition) is 2. The Hall–Kier alpha value is -1.19. The van der Waals surface area contributed by atoms with Gasteiger partial charge in [0.05, 0.1) is 0 Å². The zero-order valence-electron chi connectivity index (χ0n) is 10.2. The van der Waals surface area contributed by atoms with Gasteiger partial charge >= 0.3 is 6.18 Å². The topological polar surface area (TPSA) is 71.1 Å². The fourth-order valence-corrected chi connectivity index (χ4v) is 2.22. The SMILES string of the molecule is CCNCCNS(=O)(=O)c1ccc(C(F)(F)F)nc1. The number of likely N-dealkylation sites (N-methyl/N-ethyl adjacent to an activating group) is 1. The summed E-state index contributed by atoms with van der Waals surface area (Å²) < 4.78 is 62.5. The van der Waals surface area contributed by atoms with Crippen molar-refractivity contribution in [2.24, 2.45) is 0 Å². The van der Waals surface area contributed by atoms with Gasteiger partial charge in [0.15, 0.2) is 0 Å². The minimum atomic E-state index is -4.58. The van der Waals surface area contributed by atoms with E-state index in [1.54, 1.807) is 0 Å². The lowest BCUT2D eigenvalue weighted by Gasteiger charge is -2.08. The van der Waals surface area contributed by atoms with Gasteiger partial charge in [0.2, 0.25) is 10.0 Å². The molecule has 19 heavy (non-hydrogen) atoms. The molecule has 0 saturated carbocycles. The minimum Gasteiger partial charge on any atom is -0.316 e. The third-order valence-electron chi connectivity index (χ3n) is 2.18. The van der Waals surface area contributed by atoms with Crippen LogP contribution in [0.1, 0.15) is 12.6 Å². The Kier molecular flexibility index (Phi) is 5.27. The number of pyridine rings is 1. The van der Waals surface area contributed by atoms with Crippen LogP contribution in [0.3, 0.4) is 0 Å². The van der Waals surface area contributed by atoms with Gasteiger partial charge in [0, 0.05) is 19.3 Å². The van der Waals surface area contributed by atoms with Gasteiger partial charge in [-0.05, 0) is 18.7 Å². The molecule has 9 heteroatoms. The number of nitrogens with one attached hydrogen (secondary N) is 2. The summed E-state index contributed by atoms with van der Waals surface area (Å²) >= 11 is 0. The molecule has 0 aromatic carbocycles. The van der Waals surface area contributed by atoms with E-state index < -0.39 is 21.9 Å². The van der Waals surface area contributed by atoms with Crippen LogP contribution in [0.4, 0.5) is 13.2 Å². The average molecular weight is 297 g/mol. The van der Waals surface area contributed by atoms with Crippen LogP contribution in [-0.2, 0) is 16.2 Å². The van der Waals surface area contributed by atoms with Crippen molar-refractivity contribution in [3.63, 3.8) is 0 Å². The van der Waals surface area contributed by atoms with Gasteiger partial charge in [-0.3, -0.25) is 4.98 Å². The zero-order chi connectivity index (χ0) is 14.5. The third kappa shape index (κ3) is 4.77. The number of hydrogen-bond acceptors (Lipinski definition) is 4. The highest BCUT2D eigenvalue weighted by molar-refractivity contribution is 7.89. The van der Waals surface area contributed by atoms with Crippen molar-refractivity contribution >= 4 is 10.0 Å². The van der Waals surface area contributed by atoms with Gasteiger partial charge < -0.3 is 5.32 Å². The van der Waals surface area contributed by atoms with Crippen molar-refractivity contribution in [1.82, 2.24) is 15.0 Å². The van der Waals surface area contributed by atoms with E-state index in [9.17, 15) is 21.6 Å². The largest absolute Gasteiger partial charge is 0.433 e. The van der Waals surface area contributed by atoms with E-state index in [0.29, 0.717) is 25.4 Å². The Morgan fingerprint density at radius 2 is 1.95 bits per heavy atom. The first-order chi connectivity index (χ1) is 8.77. The Bertz CT molecular complexity index is 500. The van der Waals surface area contributed by atoms with Gasteiger partial charge in [-0.25, -0.2) is 13.1 Å². The summed E-state index contributed by atoms with van der Waals surface area (Å²) in [6.07, 6.45) is -3.89. The fourth-order valence-electron chi connectivity index (χ4n) is 1.24. The molecule has 2 N–H and O–H groups in total. The molecule has 5 nitrogen and oxygen atoms in total. The molecule has 1 rings (SSSR count). The second-order valence-corrected chi connectivity index (χ2v) is 5.40. The van der Waals surface area contributed by atoms with Crippen molar-refractivity contribution in [3.8, 4) is 0 Å². The first-order valence-electron chi connectivity index (χ1n) is 5.51. The highest BCUT2D eigenvalue weighted by Crippen LogP contribution is 2.27. The summed E-state index contributed by atoms with van der Waals surface area (Å²) in [6, 6.07) is 1.52. The molecule has 0 spiro atoms. The lowest BCUT2D eigenvalue weighted by Crippen LogP contribution is -2.31. The van der Waals surface area contributed by atoms with Gasteiger partial charge in [0.25, 0.3) is 0 Å². The summed E-state index contributed by atoms with van der Waals surface area (Å²) in [5, 5.41) is 2.91. The van der Waals surface area contributed by atoms with E-state index in [1.807, 2.05) is 6.92 Å². The molecule has 1 heterocycles. The highest BCUT2D eigenvalue weighted by atomic mass is 32.2. The molecule has 0 atom stereocenters. The Morgan fingerprint density at radius 1 is 1.26 bits per heavy atom. The van der Waals surface area contributed by atoms with Crippen LogP contribution in [-0.4, -0.2) is 33.0 Å². The second kappa shape index (κ2) is 6.31.